The van der Waals surface area contributed by atoms with Crippen LogP contribution in [0, 0.1) is 5.82 Å². The molecule has 0 N–H and O–H groups in total. The Balaban J connectivity index is 1.75. The third-order valence-corrected chi connectivity index (χ3v) is 6.29. The van der Waals surface area contributed by atoms with Gasteiger partial charge in [0, 0.05) is 0 Å². The molecule has 27 heavy (non-hydrogen) atoms. The normalized spacial score (nSPS) is 13.8. The zero-order chi connectivity index (χ0) is 18.9. The molecule has 0 amide bonds. The van der Waals surface area contributed by atoms with Gasteiger partial charge >= 0.3 is 0 Å². The second-order valence-corrected chi connectivity index (χ2v) is 8.38. The molecule has 1 heterocycles. The lowest BCUT2D eigenvalue weighted by molar-refractivity contribution is 0.592. The first kappa shape index (κ1) is 17.5. The minimum absolute atomic E-state index is 0.0706. The molecule has 136 valence electrons. The van der Waals surface area contributed by atoms with Crippen molar-refractivity contribution < 1.29 is 12.8 Å². The molecule has 1 aliphatic heterocycles. The molecule has 5 heteroatoms. The Bertz CT molecular complexity index is 1090. The summed E-state index contributed by atoms with van der Waals surface area (Å²) in [4.78, 5) is 0. The predicted molar refractivity (Wildman–Crippen MR) is 107 cm³/mol. The summed E-state index contributed by atoms with van der Waals surface area (Å²) >= 11 is 0. The van der Waals surface area contributed by atoms with Gasteiger partial charge in [-0.3, -0.25) is 4.31 Å². The first-order chi connectivity index (χ1) is 13.0. The van der Waals surface area contributed by atoms with Gasteiger partial charge in [0.05, 0.1) is 18.0 Å². The van der Waals surface area contributed by atoms with E-state index >= 15 is 0 Å². The third kappa shape index (κ3) is 3.64. The van der Waals surface area contributed by atoms with Crippen molar-refractivity contribution in [2.45, 2.75) is 5.75 Å². The number of anilines is 1. The third-order valence-electron chi connectivity index (χ3n) is 4.59. The Kier molecular flexibility index (Phi) is 4.54. The quantitative estimate of drug-likeness (QED) is 0.658. The summed E-state index contributed by atoms with van der Waals surface area (Å²) in [5.74, 6) is -0.386. The van der Waals surface area contributed by atoms with Crippen LogP contribution in [0.3, 0.4) is 0 Å². The van der Waals surface area contributed by atoms with Crippen LogP contribution in [0.15, 0.2) is 78.9 Å². The SMILES string of the molecule is O=S(=O)(Cc1ccccc1)N1CC(c2ccc(F)cc2)=Cc2ccccc21. The van der Waals surface area contributed by atoms with Crippen LogP contribution < -0.4 is 4.31 Å². The van der Waals surface area contributed by atoms with Crippen LogP contribution in [0.5, 0.6) is 0 Å². The van der Waals surface area contributed by atoms with E-state index in [1.165, 1.54) is 16.4 Å². The number of benzene rings is 3. The van der Waals surface area contributed by atoms with Gasteiger partial charge in [0.2, 0.25) is 10.0 Å². The monoisotopic (exact) mass is 379 g/mol. The number of rotatable bonds is 4. The largest absolute Gasteiger partial charge is 0.265 e. The van der Waals surface area contributed by atoms with Gasteiger partial charge in [0.1, 0.15) is 5.82 Å². The van der Waals surface area contributed by atoms with E-state index in [0.29, 0.717) is 5.69 Å². The van der Waals surface area contributed by atoms with E-state index in [1.54, 1.807) is 12.1 Å². The van der Waals surface area contributed by atoms with Crippen molar-refractivity contribution in [2.75, 3.05) is 10.8 Å². The molecule has 0 radical (unpaired) electrons. The van der Waals surface area contributed by atoms with Crippen molar-refractivity contribution in [1.29, 1.82) is 0 Å². The molecule has 0 spiro atoms. The van der Waals surface area contributed by atoms with Gasteiger partial charge in [0.15, 0.2) is 0 Å². The number of hydrogen-bond acceptors (Lipinski definition) is 2. The van der Waals surface area contributed by atoms with Crippen molar-refractivity contribution in [3.63, 3.8) is 0 Å². The van der Waals surface area contributed by atoms with E-state index in [9.17, 15) is 12.8 Å². The van der Waals surface area contributed by atoms with Gasteiger partial charge in [-0.05, 0) is 46.5 Å². The molecular weight excluding hydrogens is 361 g/mol. The molecule has 3 aromatic carbocycles. The maximum Gasteiger partial charge on any atom is 0.239 e. The number of fused-ring (bicyclic) bond motifs is 1. The molecular formula is C22H18FNO2S. The highest BCUT2D eigenvalue weighted by molar-refractivity contribution is 7.92. The molecule has 0 fully saturated rings. The molecule has 0 saturated carbocycles. The van der Waals surface area contributed by atoms with Crippen LogP contribution in [-0.4, -0.2) is 15.0 Å². The maximum atomic E-state index is 13.3. The summed E-state index contributed by atoms with van der Waals surface area (Å²) in [5.41, 5.74) is 3.89. The van der Waals surface area contributed by atoms with E-state index in [1.807, 2.05) is 60.7 Å². The summed E-state index contributed by atoms with van der Waals surface area (Å²) in [7, 11) is -3.58. The van der Waals surface area contributed by atoms with Crippen LogP contribution in [0.4, 0.5) is 10.1 Å². The highest BCUT2D eigenvalue weighted by atomic mass is 32.2. The van der Waals surface area contributed by atoms with Gasteiger partial charge in [-0.25, -0.2) is 12.8 Å². The first-order valence-corrected chi connectivity index (χ1v) is 10.2. The molecule has 0 atom stereocenters. The van der Waals surface area contributed by atoms with Gasteiger partial charge in [-0.15, -0.1) is 0 Å². The Morgan fingerprint density at radius 2 is 1.52 bits per heavy atom. The molecule has 0 bridgehead atoms. The zero-order valence-corrected chi connectivity index (χ0v) is 15.4. The van der Waals surface area contributed by atoms with Gasteiger partial charge in [0.25, 0.3) is 0 Å². The first-order valence-electron chi connectivity index (χ1n) is 8.63. The number of sulfonamides is 1. The van der Waals surface area contributed by atoms with E-state index < -0.39 is 10.0 Å². The van der Waals surface area contributed by atoms with Crippen molar-refractivity contribution in [1.82, 2.24) is 0 Å². The molecule has 0 aromatic heterocycles. The smallest absolute Gasteiger partial charge is 0.239 e. The summed E-state index contributed by atoms with van der Waals surface area (Å²) in [6, 6.07) is 22.7. The highest BCUT2D eigenvalue weighted by Gasteiger charge is 2.28. The Labute approximate surface area is 158 Å². The van der Waals surface area contributed by atoms with Crippen molar-refractivity contribution >= 4 is 27.4 Å². The van der Waals surface area contributed by atoms with Gasteiger partial charge in [-0.1, -0.05) is 60.7 Å². The number of nitrogens with zero attached hydrogens (tertiary/aromatic N) is 1. The second-order valence-electron chi connectivity index (χ2n) is 6.48. The molecule has 1 aliphatic rings. The molecule has 0 unspecified atom stereocenters. The lowest BCUT2D eigenvalue weighted by atomic mass is 9.98. The summed E-state index contributed by atoms with van der Waals surface area (Å²) in [6.45, 7) is 0.220. The Hall–Kier alpha value is -2.92. The van der Waals surface area contributed by atoms with E-state index in [4.69, 9.17) is 0 Å². The standard InChI is InChI=1S/C22H18FNO2S/c23-21-12-10-18(11-13-21)20-14-19-8-4-5-9-22(19)24(15-20)27(25,26)16-17-6-2-1-3-7-17/h1-14H,15-16H2. The predicted octanol–water partition coefficient (Wildman–Crippen LogP) is 4.72. The topological polar surface area (TPSA) is 37.4 Å². The molecule has 4 rings (SSSR count). The maximum absolute atomic E-state index is 13.3. The van der Waals surface area contributed by atoms with Crippen molar-refractivity contribution in [3.05, 3.63) is 101 Å². The number of halogens is 1. The molecule has 3 nitrogen and oxygen atoms in total. The molecule has 3 aromatic rings. The molecule has 0 saturated heterocycles. The summed E-state index contributed by atoms with van der Waals surface area (Å²) in [6.07, 6.45) is 1.97. The number of hydrogen-bond donors (Lipinski definition) is 0. The van der Waals surface area contributed by atoms with Crippen LogP contribution in [0.25, 0.3) is 11.6 Å². The fourth-order valence-corrected chi connectivity index (χ4v) is 4.83. The van der Waals surface area contributed by atoms with E-state index in [-0.39, 0.29) is 18.1 Å². The summed E-state index contributed by atoms with van der Waals surface area (Å²) in [5, 5.41) is 0. The number of para-hydroxylation sites is 1. The van der Waals surface area contributed by atoms with Crippen molar-refractivity contribution in [3.8, 4) is 0 Å². The average molecular weight is 379 g/mol. The summed E-state index contributed by atoms with van der Waals surface area (Å²) < 4.78 is 41.1. The zero-order valence-electron chi connectivity index (χ0n) is 14.5. The second kappa shape index (κ2) is 7.00. The van der Waals surface area contributed by atoms with Gasteiger partial charge in [-0.2, -0.15) is 0 Å². The fourth-order valence-electron chi connectivity index (χ4n) is 3.26. The van der Waals surface area contributed by atoms with E-state index in [2.05, 4.69) is 0 Å². The lowest BCUT2D eigenvalue weighted by Gasteiger charge is -2.31. The van der Waals surface area contributed by atoms with Crippen molar-refractivity contribution in [2.24, 2.45) is 0 Å². The molecule has 0 aliphatic carbocycles. The van der Waals surface area contributed by atoms with Gasteiger partial charge < -0.3 is 0 Å². The average Bonchev–Trinajstić information content (AvgIpc) is 2.68. The Morgan fingerprint density at radius 1 is 0.852 bits per heavy atom. The minimum atomic E-state index is -3.58. The fraction of sp³-hybridized carbons (Fsp3) is 0.0909. The Morgan fingerprint density at radius 3 is 2.26 bits per heavy atom. The highest BCUT2D eigenvalue weighted by Crippen LogP contribution is 2.35. The van der Waals surface area contributed by atoms with E-state index in [0.717, 1.165) is 22.3 Å². The van der Waals surface area contributed by atoms with Crippen LogP contribution in [0.2, 0.25) is 0 Å². The van der Waals surface area contributed by atoms with Crippen LogP contribution in [0.1, 0.15) is 16.7 Å². The van der Waals surface area contributed by atoms with Crippen LogP contribution in [-0.2, 0) is 15.8 Å². The van der Waals surface area contributed by atoms with Crippen LogP contribution >= 0.6 is 0 Å². The minimum Gasteiger partial charge on any atom is -0.265 e. The lowest BCUT2D eigenvalue weighted by Crippen LogP contribution is -2.35.